The van der Waals surface area contributed by atoms with Crippen molar-refractivity contribution in [2.75, 3.05) is 7.11 Å². The van der Waals surface area contributed by atoms with Gasteiger partial charge < -0.3 is 4.74 Å². The second-order valence-electron chi connectivity index (χ2n) is 7.00. The van der Waals surface area contributed by atoms with Crippen LogP contribution in [0.2, 0.25) is 0 Å². The number of carbonyl (C=O) groups excluding carboxylic acids is 1. The summed E-state index contributed by atoms with van der Waals surface area (Å²) in [6, 6.07) is 0. The molecule has 0 N–H and O–H groups in total. The Balaban J connectivity index is 2.74. The molecule has 0 aromatic rings. The first-order chi connectivity index (χ1) is 7.75. The van der Waals surface area contributed by atoms with Gasteiger partial charge in [0.1, 0.15) is 6.10 Å². The number of hydrogen-bond donors (Lipinski definition) is 0. The zero-order valence-corrected chi connectivity index (χ0v) is 12.2. The lowest BCUT2D eigenvalue weighted by Crippen LogP contribution is -2.42. The Morgan fingerprint density at radius 3 is 1.94 bits per heavy atom. The molecule has 100 valence electrons. The maximum atomic E-state index is 12.5. The van der Waals surface area contributed by atoms with Crippen LogP contribution in [0.1, 0.15) is 53.9 Å². The molecule has 0 amide bonds. The van der Waals surface area contributed by atoms with Crippen molar-refractivity contribution in [3.8, 4) is 0 Å². The summed E-state index contributed by atoms with van der Waals surface area (Å²) < 4.78 is 5.45. The van der Waals surface area contributed by atoms with Crippen molar-refractivity contribution < 1.29 is 9.53 Å². The molecule has 1 fully saturated rings. The predicted octanol–water partition coefficient (Wildman–Crippen LogP) is 3.69. The van der Waals surface area contributed by atoms with E-state index in [0.717, 1.165) is 12.8 Å². The van der Waals surface area contributed by atoms with Crippen LogP contribution < -0.4 is 0 Å². The Morgan fingerprint density at radius 1 is 1.12 bits per heavy atom. The zero-order valence-electron chi connectivity index (χ0n) is 12.2. The van der Waals surface area contributed by atoms with Crippen LogP contribution in [0.25, 0.3) is 0 Å². The first kappa shape index (κ1) is 14.7. The molecule has 1 aliphatic carbocycles. The van der Waals surface area contributed by atoms with Crippen molar-refractivity contribution in [1.82, 2.24) is 0 Å². The summed E-state index contributed by atoms with van der Waals surface area (Å²) in [6.45, 7) is 10.8. The molecule has 0 aromatic carbocycles. The molecule has 3 atom stereocenters. The minimum atomic E-state index is -0.259. The van der Waals surface area contributed by atoms with Gasteiger partial charge in [-0.1, -0.05) is 34.6 Å². The number of hydrogen-bond acceptors (Lipinski definition) is 2. The number of ether oxygens (including phenoxy) is 1. The monoisotopic (exact) mass is 240 g/mol. The van der Waals surface area contributed by atoms with Crippen molar-refractivity contribution in [3.63, 3.8) is 0 Å². The molecule has 1 rings (SSSR count). The van der Waals surface area contributed by atoms with Crippen molar-refractivity contribution in [2.24, 2.45) is 23.2 Å². The van der Waals surface area contributed by atoms with Gasteiger partial charge in [0, 0.05) is 13.0 Å². The Labute approximate surface area is 106 Å². The minimum absolute atomic E-state index is 0.101. The molecule has 1 saturated carbocycles. The van der Waals surface area contributed by atoms with E-state index in [2.05, 4.69) is 34.6 Å². The minimum Gasteiger partial charge on any atom is -0.373 e. The summed E-state index contributed by atoms with van der Waals surface area (Å²) in [5.41, 5.74) is -0.101. The summed E-state index contributed by atoms with van der Waals surface area (Å²) in [6.07, 6.45) is 3.08. The van der Waals surface area contributed by atoms with Gasteiger partial charge in [-0.2, -0.15) is 0 Å². The maximum Gasteiger partial charge on any atom is 0.165 e. The van der Waals surface area contributed by atoms with E-state index >= 15 is 0 Å². The van der Waals surface area contributed by atoms with Crippen LogP contribution in [0.15, 0.2) is 0 Å². The van der Waals surface area contributed by atoms with Crippen LogP contribution in [0.4, 0.5) is 0 Å². The van der Waals surface area contributed by atoms with Crippen LogP contribution in [-0.2, 0) is 9.53 Å². The summed E-state index contributed by atoms with van der Waals surface area (Å²) >= 11 is 0. The highest BCUT2D eigenvalue weighted by Crippen LogP contribution is 2.36. The molecule has 1 aliphatic rings. The van der Waals surface area contributed by atoms with Crippen LogP contribution in [0.3, 0.4) is 0 Å². The fourth-order valence-electron chi connectivity index (χ4n) is 3.29. The van der Waals surface area contributed by atoms with E-state index in [4.69, 9.17) is 4.74 Å². The summed E-state index contributed by atoms with van der Waals surface area (Å²) in [5, 5.41) is 0. The van der Waals surface area contributed by atoms with Crippen molar-refractivity contribution in [2.45, 2.75) is 60.0 Å². The molecule has 0 bridgehead atoms. The van der Waals surface area contributed by atoms with E-state index in [0.29, 0.717) is 17.6 Å². The molecule has 17 heavy (non-hydrogen) atoms. The molecule has 0 saturated heterocycles. The van der Waals surface area contributed by atoms with Gasteiger partial charge in [-0.25, -0.2) is 0 Å². The highest BCUT2D eigenvalue weighted by atomic mass is 16.5. The SMILES string of the molecule is COC(C(=O)C1CC(C)CC(C)C1)C(C)(C)C. The molecule has 0 heterocycles. The van der Waals surface area contributed by atoms with E-state index in [1.165, 1.54) is 6.42 Å². The summed E-state index contributed by atoms with van der Waals surface area (Å²) in [4.78, 5) is 12.5. The number of carbonyl (C=O) groups is 1. The average molecular weight is 240 g/mol. The molecular formula is C15H28O2. The molecular weight excluding hydrogens is 212 g/mol. The number of methoxy groups -OCH3 is 1. The van der Waals surface area contributed by atoms with E-state index in [9.17, 15) is 4.79 Å². The largest absolute Gasteiger partial charge is 0.373 e. The van der Waals surface area contributed by atoms with E-state index in [1.54, 1.807) is 7.11 Å². The third-order valence-corrected chi connectivity index (χ3v) is 3.86. The Hall–Kier alpha value is -0.370. The normalized spacial score (nSPS) is 32.2. The van der Waals surface area contributed by atoms with Gasteiger partial charge in [0.05, 0.1) is 0 Å². The van der Waals surface area contributed by atoms with Crippen LogP contribution in [0.5, 0.6) is 0 Å². The average Bonchev–Trinajstić information content (AvgIpc) is 2.14. The highest BCUT2D eigenvalue weighted by molar-refractivity contribution is 5.86. The smallest absolute Gasteiger partial charge is 0.165 e. The molecule has 3 unspecified atom stereocenters. The lowest BCUT2D eigenvalue weighted by Gasteiger charge is -2.36. The maximum absolute atomic E-state index is 12.5. The van der Waals surface area contributed by atoms with E-state index in [1.807, 2.05) is 0 Å². The quantitative estimate of drug-likeness (QED) is 0.752. The van der Waals surface area contributed by atoms with Crippen molar-refractivity contribution in [1.29, 1.82) is 0 Å². The molecule has 0 aliphatic heterocycles. The lowest BCUT2D eigenvalue weighted by atomic mass is 9.71. The standard InChI is InChI=1S/C15H28O2/c1-10-7-11(2)9-12(8-10)13(16)14(17-6)15(3,4)5/h10-12,14H,7-9H2,1-6H3. The molecule has 0 radical (unpaired) electrons. The first-order valence-electron chi connectivity index (χ1n) is 6.82. The van der Waals surface area contributed by atoms with E-state index < -0.39 is 0 Å². The second kappa shape index (κ2) is 5.51. The van der Waals surface area contributed by atoms with E-state index in [-0.39, 0.29) is 17.4 Å². The van der Waals surface area contributed by atoms with Crippen molar-refractivity contribution >= 4 is 5.78 Å². The number of Topliss-reactive ketones (excluding diaryl/α,β-unsaturated/α-hetero) is 1. The molecule has 2 nitrogen and oxygen atoms in total. The lowest BCUT2D eigenvalue weighted by molar-refractivity contribution is -0.141. The van der Waals surface area contributed by atoms with Gasteiger partial charge in [-0.05, 0) is 36.5 Å². The van der Waals surface area contributed by atoms with Crippen LogP contribution in [-0.4, -0.2) is 19.0 Å². The molecule has 0 aromatic heterocycles. The third kappa shape index (κ3) is 3.80. The van der Waals surface area contributed by atoms with Gasteiger partial charge >= 0.3 is 0 Å². The number of rotatable bonds is 3. The Bertz CT molecular complexity index is 255. The zero-order chi connectivity index (χ0) is 13.2. The van der Waals surface area contributed by atoms with Gasteiger partial charge in [0.15, 0.2) is 5.78 Å². The van der Waals surface area contributed by atoms with Gasteiger partial charge in [0.2, 0.25) is 0 Å². The Kier molecular flexibility index (Phi) is 4.77. The second-order valence-corrected chi connectivity index (χ2v) is 7.00. The van der Waals surface area contributed by atoms with Crippen LogP contribution >= 0.6 is 0 Å². The first-order valence-corrected chi connectivity index (χ1v) is 6.82. The van der Waals surface area contributed by atoms with Crippen molar-refractivity contribution in [3.05, 3.63) is 0 Å². The highest BCUT2D eigenvalue weighted by Gasteiger charge is 2.38. The third-order valence-electron chi connectivity index (χ3n) is 3.86. The summed E-state index contributed by atoms with van der Waals surface area (Å²) in [5.74, 6) is 1.87. The Morgan fingerprint density at radius 2 is 1.59 bits per heavy atom. The summed E-state index contributed by atoms with van der Waals surface area (Å²) in [7, 11) is 1.66. The fourth-order valence-corrected chi connectivity index (χ4v) is 3.29. The number of ketones is 1. The van der Waals surface area contributed by atoms with Gasteiger partial charge in [0.25, 0.3) is 0 Å². The molecule has 0 spiro atoms. The van der Waals surface area contributed by atoms with Gasteiger partial charge in [-0.15, -0.1) is 0 Å². The topological polar surface area (TPSA) is 26.3 Å². The predicted molar refractivity (Wildman–Crippen MR) is 70.9 cm³/mol. The molecule has 2 heteroatoms. The van der Waals surface area contributed by atoms with Gasteiger partial charge in [-0.3, -0.25) is 4.79 Å². The fraction of sp³-hybridized carbons (Fsp3) is 0.933. The van der Waals surface area contributed by atoms with Crippen LogP contribution in [0, 0.1) is 23.2 Å².